The first-order valence-corrected chi connectivity index (χ1v) is 8.41. The van der Waals surface area contributed by atoms with E-state index in [0.717, 1.165) is 16.1 Å². The summed E-state index contributed by atoms with van der Waals surface area (Å²) in [6, 6.07) is 13.3. The molecule has 6 heteroatoms. The smallest absolute Gasteiger partial charge is 0.163 e. The van der Waals surface area contributed by atoms with Gasteiger partial charge >= 0.3 is 0 Å². The van der Waals surface area contributed by atoms with Crippen LogP contribution >= 0.6 is 15.9 Å². The molecule has 0 radical (unpaired) electrons. The van der Waals surface area contributed by atoms with E-state index in [1.807, 2.05) is 47.3 Å². The number of aromatic nitrogens is 3. The number of imidazole rings is 1. The molecule has 0 saturated carbocycles. The van der Waals surface area contributed by atoms with Crippen molar-refractivity contribution in [3.8, 4) is 22.8 Å². The monoisotopic (exact) mass is 399 g/mol. The molecule has 0 aromatic heterocycles. The molecule has 0 amide bonds. The van der Waals surface area contributed by atoms with Gasteiger partial charge in [0.05, 0.1) is 11.3 Å². The molecule has 2 aromatic carbocycles. The Balaban J connectivity index is 1.67. The minimum Gasteiger partial charge on any atom is -0.348 e. The lowest BCUT2D eigenvalue weighted by molar-refractivity contribution is 0.585. The normalized spacial score (nSPS) is 11.2. The first-order chi connectivity index (χ1) is 12.1. The van der Waals surface area contributed by atoms with Gasteiger partial charge in [-0.3, -0.25) is 0 Å². The highest BCUT2D eigenvalue weighted by atomic mass is 79.9. The summed E-state index contributed by atoms with van der Waals surface area (Å²) >= 11 is 3.42. The third-order valence-corrected chi connectivity index (χ3v) is 4.41. The van der Waals surface area contributed by atoms with Crippen LogP contribution in [-0.2, 0) is 6.54 Å². The van der Waals surface area contributed by atoms with Crippen molar-refractivity contribution in [2.75, 3.05) is 0 Å². The van der Waals surface area contributed by atoms with E-state index in [1.165, 1.54) is 12.1 Å². The molecule has 0 unspecified atom stereocenters. The van der Waals surface area contributed by atoms with Crippen molar-refractivity contribution >= 4 is 15.9 Å². The van der Waals surface area contributed by atoms with Gasteiger partial charge in [-0.2, -0.15) is 0 Å². The number of pyridine rings is 1. The van der Waals surface area contributed by atoms with Crippen LogP contribution in [0.1, 0.15) is 5.56 Å². The van der Waals surface area contributed by atoms with Crippen LogP contribution in [0.5, 0.6) is 0 Å². The summed E-state index contributed by atoms with van der Waals surface area (Å²) in [5.74, 6) is -1.03. The lowest BCUT2D eigenvalue weighted by atomic mass is 10.2. The van der Waals surface area contributed by atoms with E-state index >= 15 is 0 Å². The second-order valence-electron chi connectivity index (χ2n) is 5.69. The van der Waals surface area contributed by atoms with Crippen LogP contribution in [0.4, 0.5) is 8.78 Å². The highest BCUT2D eigenvalue weighted by molar-refractivity contribution is 9.10. The highest BCUT2D eigenvalue weighted by Crippen LogP contribution is 2.27. The Morgan fingerprint density at radius 3 is 2.44 bits per heavy atom. The van der Waals surface area contributed by atoms with Crippen LogP contribution in [0.3, 0.4) is 0 Å². The zero-order valence-electron chi connectivity index (χ0n) is 13.0. The number of fused-ring (bicyclic) bond motifs is 1. The fourth-order valence-electron chi connectivity index (χ4n) is 2.64. The van der Waals surface area contributed by atoms with Crippen LogP contribution in [0, 0.1) is 11.6 Å². The van der Waals surface area contributed by atoms with E-state index < -0.39 is 11.6 Å². The van der Waals surface area contributed by atoms with Crippen LogP contribution in [-0.4, -0.2) is 14.5 Å². The zero-order chi connectivity index (χ0) is 17.4. The van der Waals surface area contributed by atoms with E-state index in [2.05, 4.69) is 25.9 Å². The van der Waals surface area contributed by atoms with Gasteiger partial charge < -0.3 is 4.57 Å². The van der Waals surface area contributed by atoms with Crippen LogP contribution < -0.4 is 0 Å². The van der Waals surface area contributed by atoms with E-state index in [4.69, 9.17) is 0 Å². The molecule has 2 aromatic rings. The molecule has 0 saturated heterocycles. The quantitative estimate of drug-likeness (QED) is 0.477. The summed E-state index contributed by atoms with van der Waals surface area (Å²) < 4.78 is 30.0. The molecule has 0 N–H and O–H groups in total. The topological polar surface area (TPSA) is 30.7 Å². The van der Waals surface area contributed by atoms with Crippen LogP contribution in [0.25, 0.3) is 22.8 Å². The van der Waals surface area contributed by atoms with Gasteiger partial charge in [0.15, 0.2) is 5.82 Å². The average molecular weight is 400 g/mol. The Labute approximate surface area is 151 Å². The lowest BCUT2D eigenvalue weighted by Crippen LogP contribution is -2.00. The van der Waals surface area contributed by atoms with Gasteiger partial charge in [0.1, 0.15) is 17.3 Å². The lowest BCUT2D eigenvalue weighted by Gasteiger charge is -2.08. The van der Waals surface area contributed by atoms with E-state index in [1.54, 1.807) is 0 Å². The Hall–Kier alpha value is -2.60. The summed E-state index contributed by atoms with van der Waals surface area (Å²) in [6.45, 7) is 0.691. The molecule has 0 spiro atoms. The summed E-state index contributed by atoms with van der Waals surface area (Å²) in [4.78, 5) is 8.73. The SMILES string of the molecule is Fc1ccc(-c2nc3ccn(Cc4ccc(Br)cc4)cc-3n2)c(F)c1. The predicted octanol–water partition coefficient (Wildman–Crippen LogP) is 5.14. The third kappa shape index (κ3) is 3.30. The maximum Gasteiger partial charge on any atom is 0.163 e. The molecule has 0 fully saturated rings. The molecule has 25 heavy (non-hydrogen) atoms. The molecule has 2 heterocycles. The zero-order valence-corrected chi connectivity index (χ0v) is 14.5. The molecule has 0 atom stereocenters. The number of hydrogen-bond acceptors (Lipinski definition) is 2. The van der Waals surface area contributed by atoms with E-state index in [0.29, 0.717) is 17.9 Å². The molecule has 0 aliphatic carbocycles. The standard InChI is InChI=1S/C19H12BrF2N3/c20-13-3-1-12(2-4-13)10-25-8-7-17-18(11-25)24-19(23-17)15-6-5-14(21)9-16(15)22/h1-9,11H,10H2. The number of hydrogen-bond donors (Lipinski definition) is 0. The van der Waals surface area contributed by atoms with Crippen LogP contribution in [0.15, 0.2) is 65.4 Å². The van der Waals surface area contributed by atoms with Gasteiger partial charge in [0.25, 0.3) is 0 Å². The van der Waals surface area contributed by atoms with Crippen molar-refractivity contribution in [1.82, 2.24) is 14.5 Å². The largest absolute Gasteiger partial charge is 0.348 e. The predicted molar refractivity (Wildman–Crippen MR) is 95.2 cm³/mol. The maximum absolute atomic E-state index is 13.9. The Morgan fingerprint density at radius 1 is 0.920 bits per heavy atom. The number of nitrogens with zero attached hydrogens (tertiary/aromatic N) is 3. The molecular formula is C19H12BrF2N3. The second kappa shape index (κ2) is 6.37. The maximum atomic E-state index is 13.9. The summed E-state index contributed by atoms with van der Waals surface area (Å²) in [7, 11) is 0. The van der Waals surface area contributed by atoms with Crippen molar-refractivity contribution in [1.29, 1.82) is 0 Å². The van der Waals surface area contributed by atoms with Crippen molar-refractivity contribution in [2.24, 2.45) is 0 Å². The van der Waals surface area contributed by atoms with E-state index in [9.17, 15) is 8.78 Å². The number of benzene rings is 2. The minimum absolute atomic E-state index is 0.192. The van der Waals surface area contributed by atoms with Gasteiger partial charge in [0, 0.05) is 29.5 Å². The van der Waals surface area contributed by atoms with Gasteiger partial charge in [-0.15, -0.1) is 0 Å². The van der Waals surface area contributed by atoms with Crippen molar-refractivity contribution in [3.05, 3.63) is 82.6 Å². The number of rotatable bonds is 3. The molecule has 124 valence electrons. The fraction of sp³-hybridized carbons (Fsp3) is 0.0526. The molecule has 2 aliphatic rings. The molecule has 3 nitrogen and oxygen atoms in total. The summed E-state index contributed by atoms with van der Waals surface area (Å²) in [6.07, 6.45) is 3.78. The average Bonchev–Trinajstić information content (AvgIpc) is 3.00. The summed E-state index contributed by atoms with van der Waals surface area (Å²) in [5.41, 5.74) is 2.68. The molecular weight excluding hydrogens is 388 g/mol. The Morgan fingerprint density at radius 2 is 1.68 bits per heavy atom. The van der Waals surface area contributed by atoms with Gasteiger partial charge in [0.2, 0.25) is 0 Å². The fourth-order valence-corrected chi connectivity index (χ4v) is 2.91. The summed E-state index contributed by atoms with van der Waals surface area (Å²) in [5, 5.41) is 0. The Kier molecular flexibility index (Phi) is 4.05. The third-order valence-electron chi connectivity index (χ3n) is 3.88. The molecule has 2 aliphatic heterocycles. The minimum atomic E-state index is -0.668. The van der Waals surface area contributed by atoms with E-state index in [-0.39, 0.29) is 11.4 Å². The highest BCUT2D eigenvalue weighted by Gasteiger charge is 2.16. The van der Waals surface area contributed by atoms with Gasteiger partial charge in [-0.25, -0.2) is 18.7 Å². The van der Waals surface area contributed by atoms with Gasteiger partial charge in [-0.05, 0) is 35.9 Å². The first-order valence-electron chi connectivity index (χ1n) is 7.62. The number of halogens is 3. The molecule has 4 rings (SSSR count). The Bertz CT molecular complexity index is 1010. The van der Waals surface area contributed by atoms with Crippen LogP contribution in [0.2, 0.25) is 0 Å². The van der Waals surface area contributed by atoms with Crippen molar-refractivity contribution < 1.29 is 8.78 Å². The van der Waals surface area contributed by atoms with Gasteiger partial charge in [-0.1, -0.05) is 28.1 Å². The van der Waals surface area contributed by atoms with Crippen molar-refractivity contribution in [2.45, 2.75) is 6.54 Å². The van der Waals surface area contributed by atoms with Crippen molar-refractivity contribution in [3.63, 3.8) is 0 Å². The molecule has 0 bridgehead atoms. The first kappa shape index (κ1) is 15.9. The second-order valence-corrected chi connectivity index (χ2v) is 6.60.